The number of aromatic nitrogens is 3. The number of aromatic amines is 1. The van der Waals surface area contributed by atoms with Crippen molar-refractivity contribution in [1.82, 2.24) is 19.9 Å². The zero-order chi connectivity index (χ0) is 19.5. The second-order valence-corrected chi connectivity index (χ2v) is 7.03. The summed E-state index contributed by atoms with van der Waals surface area (Å²) >= 11 is 0. The molecule has 1 fully saturated rings. The number of hydrogen-bond acceptors (Lipinski definition) is 4. The van der Waals surface area contributed by atoms with E-state index < -0.39 is 11.6 Å². The van der Waals surface area contributed by atoms with E-state index in [0.29, 0.717) is 18.1 Å². The number of rotatable bonds is 4. The number of piperidine rings is 1. The summed E-state index contributed by atoms with van der Waals surface area (Å²) in [7, 11) is 0. The van der Waals surface area contributed by atoms with Gasteiger partial charge in [-0.25, -0.2) is 13.8 Å². The van der Waals surface area contributed by atoms with E-state index in [2.05, 4.69) is 19.9 Å². The van der Waals surface area contributed by atoms with Gasteiger partial charge in [-0.3, -0.25) is 14.7 Å². The van der Waals surface area contributed by atoms with Crippen LogP contribution in [0.3, 0.4) is 0 Å². The summed E-state index contributed by atoms with van der Waals surface area (Å²) in [6.07, 6.45) is 3.36. The van der Waals surface area contributed by atoms with Gasteiger partial charge < -0.3 is 4.98 Å². The molecule has 3 aromatic rings. The molecule has 2 aromatic heterocycles. The quantitative estimate of drug-likeness (QED) is 0.750. The maximum atomic E-state index is 13.4. The van der Waals surface area contributed by atoms with E-state index in [1.165, 1.54) is 6.07 Å². The Morgan fingerprint density at radius 2 is 1.89 bits per heavy atom. The predicted octanol–water partition coefficient (Wildman–Crippen LogP) is 3.49. The molecular formula is C21H20F2N4O. The van der Waals surface area contributed by atoms with Gasteiger partial charge in [0, 0.05) is 24.7 Å². The van der Waals surface area contributed by atoms with Crippen LogP contribution in [0.25, 0.3) is 11.5 Å². The summed E-state index contributed by atoms with van der Waals surface area (Å²) < 4.78 is 26.5. The van der Waals surface area contributed by atoms with Crippen LogP contribution < -0.4 is 5.56 Å². The number of hydrogen-bond donors (Lipinski definition) is 1. The minimum atomic E-state index is -0.827. The monoisotopic (exact) mass is 382 g/mol. The Hall–Kier alpha value is -2.93. The molecule has 1 aliphatic heterocycles. The molecule has 5 nitrogen and oxygen atoms in total. The highest BCUT2D eigenvalue weighted by molar-refractivity contribution is 5.48. The molecule has 0 saturated carbocycles. The van der Waals surface area contributed by atoms with Crippen molar-refractivity contribution in [3.63, 3.8) is 0 Å². The first-order chi connectivity index (χ1) is 13.6. The van der Waals surface area contributed by atoms with Gasteiger partial charge in [0.15, 0.2) is 17.5 Å². The molecule has 3 heterocycles. The summed E-state index contributed by atoms with van der Waals surface area (Å²) in [6.45, 7) is 2.18. The lowest BCUT2D eigenvalue weighted by Crippen LogP contribution is -2.33. The van der Waals surface area contributed by atoms with Gasteiger partial charge in [0.05, 0.1) is 5.69 Å². The highest BCUT2D eigenvalue weighted by atomic mass is 19.2. The maximum Gasteiger partial charge on any atom is 0.251 e. The van der Waals surface area contributed by atoms with Gasteiger partial charge in [-0.15, -0.1) is 0 Å². The Balaban J connectivity index is 1.44. The summed E-state index contributed by atoms with van der Waals surface area (Å²) in [5.41, 5.74) is 1.98. The lowest BCUT2D eigenvalue weighted by molar-refractivity contribution is 0.203. The molecule has 7 heteroatoms. The molecule has 0 aliphatic carbocycles. The fourth-order valence-electron chi connectivity index (χ4n) is 3.59. The van der Waals surface area contributed by atoms with Crippen LogP contribution in [0.15, 0.2) is 53.5 Å². The fraction of sp³-hybridized carbons (Fsp3) is 0.286. The number of halogens is 2. The Bertz CT molecular complexity index is 1010. The third kappa shape index (κ3) is 4.14. The largest absolute Gasteiger partial charge is 0.305 e. The average Bonchev–Trinajstić information content (AvgIpc) is 2.71. The van der Waals surface area contributed by atoms with Gasteiger partial charge in [-0.2, -0.15) is 0 Å². The Morgan fingerprint density at radius 1 is 1.07 bits per heavy atom. The molecule has 1 aliphatic rings. The van der Waals surface area contributed by atoms with Crippen molar-refractivity contribution >= 4 is 0 Å². The van der Waals surface area contributed by atoms with Crippen LogP contribution in [-0.2, 0) is 6.54 Å². The van der Waals surface area contributed by atoms with Gasteiger partial charge in [0.25, 0.3) is 5.56 Å². The number of benzene rings is 1. The van der Waals surface area contributed by atoms with E-state index >= 15 is 0 Å². The van der Waals surface area contributed by atoms with Crippen molar-refractivity contribution in [3.05, 3.63) is 81.9 Å². The lowest BCUT2D eigenvalue weighted by atomic mass is 9.93. The van der Waals surface area contributed by atoms with E-state index in [1.54, 1.807) is 18.3 Å². The van der Waals surface area contributed by atoms with Crippen LogP contribution >= 0.6 is 0 Å². The molecule has 1 N–H and O–H groups in total. The topological polar surface area (TPSA) is 61.9 Å². The smallest absolute Gasteiger partial charge is 0.251 e. The third-order valence-corrected chi connectivity index (χ3v) is 5.07. The van der Waals surface area contributed by atoms with Crippen molar-refractivity contribution in [2.75, 3.05) is 13.1 Å². The number of pyridine rings is 1. The van der Waals surface area contributed by atoms with Crippen molar-refractivity contribution in [3.8, 4) is 11.5 Å². The highest BCUT2D eigenvalue weighted by Gasteiger charge is 2.23. The molecule has 0 radical (unpaired) electrons. The molecule has 28 heavy (non-hydrogen) atoms. The van der Waals surface area contributed by atoms with Crippen molar-refractivity contribution in [1.29, 1.82) is 0 Å². The summed E-state index contributed by atoms with van der Waals surface area (Å²) in [5.74, 6) is -0.980. The first-order valence-electron chi connectivity index (χ1n) is 9.27. The number of likely N-dealkylation sites (tertiary alicyclic amines) is 1. The molecule has 1 saturated heterocycles. The number of nitrogens with one attached hydrogen (secondary N) is 1. The normalized spacial score (nSPS) is 15.6. The molecule has 0 unspecified atom stereocenters. The SMILES string of the molecule is O=c1cc(C2CCN(Cc3ccc(F)c(F)c3)CC2)nc(-c2ccccn2)[nH]1. The minimum absolute atomic E-state index is 0.185. The van der Waals surface area contributed by atoms with Gasteiger partial charge >= 0.3 is 0 Å². The predicted molar refractivity (Wildman–Crippen MR) is 102 cm³/mol. The first kappa shape index (κ1) is 18.4. The van der Waals surface area contributed by atoms with Crippen LogP contribution in [0.2, 0.25) is 0 Å². The minimum Gasteiger partial charge on any atom is -0.305 e. The Labute approximate surface area is 161 Å². The average molecular weight is 382 g/mol. The Morgan fingerprint density at radius 3 is 2.61 bits per heavy atom. The zero-order valence-electron chi connectivity index (χ0n) is 15.2. The fourth-order valence-corrected chi connectivity index (χ4v) is 3.59. The molecule has 144 valence electrons. The molecule has 0 amide bonds. The van der Waals surface area contributed by atoms with Crippen LogP contribution in [0.4, 0.5) is 8.78 Å². The van der Waals surface area contributed by atoms with Crippen LogP contribution in [-0.4, -0.2) is 32.9 Å². The second kappa shape index (κ2) is 7.98. The van der Waals surface area contributed by atoms with E-state index in [9.17, 15) is 13.6 Å². The van der Waals surface area contributed by atoms with Crippen LogP contribution in [0, 0.1) is 11.6 Å². The number of H-pyrrole nitrogens is 1. The highest BCUT2D eigenvalue weighted by Crippen LogP contribution is 2.27. The number of nitrogens with zero attached hydrogens (tertiary/aromatic N) is 3. The summed E-state index contributed by atoms with van der Waals surface area (Å²) in [4.78, 5) is 25.9. The second-order valence-electron chi connectivity index (χ2n) is 7.03. The van der Waals surface area contributed by atoms with Gasteiger partial charge in [-0.1, -0.05) is 12.1 Å². The first-order valence-corrected chi connectivity index (χ1v) is 9.27. The van der Waals surface area contributed by atoms with Crippen molar-refractivity contribution in [2.24, 2.45) is 0 Å². The van der Waals surface area contributed by atoms with E-state index in [4.69, 9.17) is 0 Å². The van der Waals surface area contributed by atoms with Gasteiger partial charge in [0.1, 0.15) is 5.69 Å². The molecule has 0 spiro atoms. The lowest BCUT2D eigenvalue weighted by Gasteiger charge is -2.31. The van der Waals surface area contributed by atoms with E-state index in [1.807, 2.05) is 18.2 Å². The Kier molecular flexibility index (Phi) is 5.25. The third-order valence-electron chi connectivity index (χ3n) is 5.07. The van der Waals surface area contributed by atoms with Crippen molar-refractivity contribution < 1.29 is 8.78 Å². The molecule has 4 rings (SSSR count). The van der Waals surface area contributed by atoms with Gasteiger partial charge in [-0.05, 0) is 55.8 Å². The van der Waals surface area contributed by atoms with E-state index in [0.717, 1.165) is 43.3 Å². The summed E-state index contributed by atoms with van der Waals surface area (Å²) in [5, 5.41) is 0. The molecule has 0 bridgehead atoms. The molecular weight excluding hydrogens is 362 g/mol. The summed E-state index contributed by atoms with van der Waals surface area (Å²) in [6, 6.07) is 11.1. The van der Waals surface area contributed by atoms with Crippen LogP contribution in [0.1, 0.15) is 30.0 Å². The van der Waals surface area contributed by atoms with E-state index in [-0.39, 0.29) is 11.5 Å². The van der Waals surface area contributed by atoms with Crippen molar-refractivity contribution in [2.45, 2.75) is 25.3 Å². The zero-order valence-corrected chi connectivity index (χ0v) is 15.2. The van der Waals surface area contributed by atoms with Gasteiger partial charge in [0.2, 0.25) is 0 Å². The van der Waals surface area contributed by atoms with Crippen LogP contribution in [0.5, 0.6) is 0 Å². The molecule has 1 aromatic carbocycles. The maximum absolute atomic E-state index is 13.4. The standard InChI is InChI=1S/C21H20F2N4O/c22-16-5-4-14(11-17(16)23)13-27-9-6-15(7-10-27)19-12-20(28)26-21(25-19)18-3-1-2-8-24-18/h1-5,8,11-12,15H,6-7,9-10,13H2,(H,25,26,28). The molecule has 0 atom stereocenters.